The summed E-state index contributed by atoms with van der Waals surface area (Å²) in [6, 6.07) is 4.23. The van der Waals surface area contributed by atoms with Crippen LogP contribution in [-0.4, -0.2) is 38.3 Å². The second kappa shape index (κ2) is 6.71. The molecule has 1 aromatic rings. The van der Waals surface area contributed by atoms with Crippen molar-refractivity contribution in [2.45, 2.75) is 57.7 Å². The number of nitrogens with one attached hydrogen (secondary N) is 2. The molecule has 0 unspecified atom stereocenters. The van der Waals surface area contributed by atoms with Gasteiger partial charge in [0.2, 0.25) is 11.9 Å². The quantitative estimate of drug-likeness (QED) is 0.253. The number of hydroxylamine groups is 2. The molecule has 0 saturated carbocycles. The van der Waals surface area contributed by atoms with Crippen LogP contribution in [0.2, 0.25) is 0 Å². The fourth-order valence-corrected chi connectivity index (χ4v) is 3.24. The van der Waals surface area contributed by atoms with Gasteiger partial charge in [0.05, 0.1) is 6.04 Å². The van der Waals surface area contributed by atoms with Crippen molar-refractivity contribution in [1.29, 1.82) is 5.26 Å². The molecule has 7 nitrogen and oxygen atoms in total. The summed E-state index contributed by atoms with van der Waals surface area (Å²) in [6.07, 6.45) is 3.04. The van der Waals surface area contributed by atoms with Gasteiger partial charge >= 0.3 is 0 Å². The standard InChI is InChI=1S/C16H23FN6O/c1-15(2)8-11(9-16(3,4)23(15)24)20-14(19-10-18)22-13-7-5-6-12(17)21-13/h5-7,11,24H,8-9H2,1-4H3,(H2,19,20,21,22). The maximum Gasteiger partial charge on any atom is 0.214 e. The number of piperidine rings is 1. The Hall–Kier alpha value is -2.24. The van der Waals surface area contributed by atoms with Crippen molar-refractivity contribution in [2.24, 2.45) is 4.99 Å². The highest BCUT2D eigenvalue weighted by molar-refractivity contribution is 5.93. The molecule has 0 bridgehead atoms. The summed E-state index contributed by atoms with van der Waals surface area (Å²) in [5.41, 5.74) is -0.907. The van der Waals surface area contributed by atoms with Crippen LogP contribution in [0.15, 0.2) is 23.2 Å². The van der Waals surface area contributed by atoms with Crippen LogP contribution in [-0.2, 0) is 0 Å². The maximum absolute atomic E-state index is 13.2. The van der Waals surface area contributed by atoms with Crippen LogP contribution in [0.3, 0.4) is 0 Å². The zero-order valence-electron chi connectivity index (χ0n) is 14.3. The smallest absolute Gasteiger partial charge is 0.214 e. The number of pyridine rings is 1. The number of aliphatic imine (C=N–C) groups is 1. The fourth-order valence-electron chi connectivity index (χ4n) is 3.24. The molecule has 130 valence electrons. The minimum Gasteiger partial charge on any atom is -0.313 e. The van der Waals surface area contributed by atoms with Crippen LogP contribution >= 0.6 is 0 Å². The molecule has 2 heterocycles. The number of guanidine groups is 1. The van der Waals surface area contributed by atoms with Gasteiger partial charge in [-0.1, -0.05) is 6.07 Å². The number of nitriles is 1. The highest BCUT2D eigenvalue weighted by Crippen LogP contribution is 2.37. The number of rotatable bonds is 2. The van der Waals surface area contributed by atoms with Gasteiger partial charge in [-0.15, -0.1) is 0 Å². The Morgan fingerprint density at radius 2 is 2.00 bits per heavy atom. The first-order valence-electron chi connectivity index (χ1n) is 7.76. The number of halogens is 1. The third-order valence-corrected chi connectivity index (χ3v) is 4.06. The lowest BCUT2D eigenvalue weighted by molar-refractivity contribution is -0.244. The zero-order chi connectivity index (χ0) is 18.0. The monoisotopic (exact) mass is 334 g/mol. The summed E-state index contributed by atoms with van der Waals surface area (Å²) < 4.78 is 13.2. The van der Waals surface area contributed by atoms with Gasteiger partial charge in [-0.2, -0.15) is 14.7 Å². The molecule has 0 radical (unpaired) electrons. The van der Waals surface area contributed by atoms with Gasteiger partial charge in [0.25, 0.3) is 0 Å². The number of hydrogen-bond acceptors (Lipinski definition) is 5. The zero-order valence-corrected chi connectivity index (χ0v) is 14.3. The molecule has 1 aliphatic heterocycles. The van der Waals surface area contributed by atoms with Crippen LogP contribution in [0.1, 0.15) is 40.5 Å². The molecule has 24 heavy (non-hydrogen) atoms. The van der Waals surface area contributed by atoms with E-state index >= 15 is 0 Å². The highest BCUT2D eigenvalue weighted by atomic mass is 19.1. The summed E-state index contributed by atoms with van der Waals surface area (Å²) >= 11 is 0. The van der Waals surface area contributed by atoms with Gasteiger partial charge in [-0.25, -0.2) is 9.98 Å². The van der Waals surface area contributed by atoms with Gasteiger partial charge in [-0.05, 0) is 52.7 Å². The van der Waals surface area contributed by atoms with E-state index in [1.165, 1.54) is 17.2 Å². The highest BCUT2D eigenvalue weighted by Gasteiger charge is 2.45. The Morgan fingerprint density at radius 1 is 1.38 bits per heavy atom. The van der Waals surface area contributed by atoms with Crippen molar-refractivity contribution in [3.05, 3.63) is 24.1 Å². The maximum atomic E-state index is 13.2. The summed E-state index contributed by atoms with van der Waals surface area (Å²) in [5, 5.41) is 25.9. The summed E-state index contributed by atoms with van der Waals surface area (Å²) in [4.78, 5) is 8.25. The van der Waals surface area contributed by atoms with Crippen LogP contribution < -0.4 is 10.6 Å². The molecule has 1 saturated heterocycles. The largest absolute Gasteiger partial charge is 0.313 e. The van der Waals surface area contributed by atoms with Crippen LogP contribution in [0.25, 0.3) is 0 Å². The molecule has 3 N–H and O–H groups in total. The van der Waals surface area contributed by atoms with Crippen LogP contribution in [0, 0.1) is 17.4 Å². The van der Waals surface area contributed by atoms with Crippen molar-refractivity contribution < 1.29 is 9.60 Å². The lowest BCUT2D eigenvalue weighted by Crippen LogP contribution is -2.60. The lowest BCUT2D eigenvalue weighted by Gasteiger charge is -2.50. The number of anilines is 1. The van der Waals surface area contributed by atoms with Crippen molar-refractivity contribution >= 4 is 11.8 Å². The number of aromatic nitrogens is 1. The summed E-state index contributed by atoms with van der Waals surface area (Å²) in [7, 11) is 0. The van der Waals surface area contributed by atoms with Crippen molar-refractivity contribution in [3.63, 3.8) is 0 Å². The molecule has 0 amide bonds. The van der Waals surface area contributed by atoms with Gasteiger partial charge in [0, 0.05) is 11.1 Å². The van der Waals surface area contributed by atoms with Crippen LogP contribution in [0.4, 0.5) is 10.2 Å². The Labute approximate surface area is 141 Å². The molecule has 0 aromatic carbocycles. The van der Waals surface area contributed by atoms with Gasteiger partial charge in [0.1, 0.15) is 5.82 Å². The van der Waals surface area contributed by atoms with E-state index in [9.17, 15) is 9.60 Å². The molecule has 1 aromatic heterocycles. The van der Waals surface area contributed by atoms with Gasteiger partial charge < -0.3 is 10.5 Å². The van der Waals surface area contributed by atoms with Gasteiger partial charge in [-0.3, -0.25) is 5.32 Å². The summed E-state index contributed by atoms with van der Waals surface area (Å²) in [6.45, 7) is 7.76. The van der Waals surface area contributed by atoms with E-state index in [1.54, 1.807) is 6.07 Å². The first kappa shape index (κ1) is 18.1. The van der Waals surface area contributed by atoms with E-state index in [0.29, 0.717) is 12.8 Å². The topological polar surface area (TPSA) is 96.6 Å². The Bertz CT molecular complexity index is 649. The normalized spacial score (nSPS) is 21.1. The van der Waals surface area contributed by atoms with E-state index in [1.807, 2.05) is 33.9 Å². The van der Waals surface area contributed by atoms with E-state index in [-0.39, 0.29) is 17.8 Å². The SMILES string of the molecule is CC1(C)CC(N=C(NC#N)Nc2cccc(F)n2)CC(C)(C)N1O. The number of nitrogens with zero attached hydrogens (tertiary/aromatic N) is 4. The van der Waals surface area contributed by atoms with E-state index < -0.39 is 17.0 Å². The van der Waals surface area contributed by atoms with Crippen molar-refractivity contribution in [1.82, 2.24) is 15.4 Å². The Kier molecular flexibility index (Phi) is 5.06. The molecule has 1 aliphatic rings. The predicted octanol–water partition coefficient (Wildman–Crippen LogP) is 2.47. The molecule has 1 fully saturated rings. The third-order valence-electron chi connectivity index (χ3n) is 4.06. The Morgan fingerprint density at radius 3 is 2.54 bits per heavy atom. The third kappa shape index (κ3) is 4.19. The fraction of sp³-hybridized carbons (Fsp3) is 0.562. The van der Waals surface area contributed by atoms with Crippen molar-refractivity contribution in [3.8, 4) is 6.19 Å². The Balaban J connectivity index is 2.22. The molecule has 0 aliphatic carbocycles. The molecule has 0 spiro atoms. The molecular weight excluding hydrogens is 311 g/mol. The van der Waals surface area contributed by atoms with Crippen molar-refractivity contribution in [2.75, 3.05) is 5.32 Å². The number of hydrogen-bond donors (Lipinski definition) is 3. The molecular formula is C16H23FN6O. The minimum absolute atomic E-state index is 0.115. The second-order valence-electron chi connectivity index (χ2n) is 7.18. The van der Waals surface area contributed by atoms with E-state index in [2.05, 4.69) is 20.6 Å². The molecule has 8 heteroatoms. The average Bonchev–Trinajstić information content (AvgIpc) is 2.44. The lowest BCUT2D eigenvalue weighted by atomic mass is 9.79. The minimum atomic E-state index is -0.618. The van der Waals surface area contributed by atoms with Crippen LogP contribution in [0.5, 0.6) is 0 Å². The van der Waals surface area contributed by atoms with E-state index in [0.717, 1.165) is 0 Å². The molecule has 2 rings (SSSR count). The first-order valence-corrected chi connectivity index (χ1v) is 7.76. The summed E-state index contributed by atoms with van der Waals surface area (Å²) in [5.74, 6) is -0.152. The molecule has 0 atom stereocenters. The first-order chi connectivity index (χ1) is 11.1. The predicted molar refractivity (Wildman–Crippen MR) is 88.8 cm³/mol. The van der Waals surface area contributed by atoms with Gasteiger partial charge in [0.15, 0.2) is 6.19 Å². The average molecular weight is 334 g/mol. The second-order valence-corrected chi connectivity index (χ2v) is 7.18. The van der Waals surface area contributed by atoms with E-state index in [4.69, 9.17) is 5.26 Å².